The van der Waals surface area contributed by atoms with E-state index in [0.717, 1.165) is 54.9 Å². The Bertz CT molecular complexity index is 396. The number of nitrogens with zero attached hydrogens (tertiary/aromatic N) is 2. The minimum Gasteiger partial charge on any atom is -0.381 e. The van der Waals surface area contributed by atoms with Crippen LogP contribution >= 0.6 is 11.8 Å². The molecule has 0 saturated carbocycles. The van der Waals surface area contributed by atoms with Gasteiger partial charge in [0, 0.05) is 42.9 Å². The highest BCUT2D eigenvalue weighted by Crippen LogP contribution is 2.16. The van der Waals surface area contributed by atoms with Gasteiger partial charge in [-0.2, -0.15) is 0 Å². The van der Waals surface area contributed by atoms with Crippen LogP contribution in [0.2, 0.25) is 0 Å². The Morgan fingerprint density at radius 2 is 1.79 bits per heavy atom. The van der Waals surface area contributed by atoms with Gasteiger partial charge in [0.05, 0.1) is 0 Å². The highest BCUT2D eigenvalue weighted by molar-refractivity contribution is 7.99. The number of aryl methyl sites for hydroxylation is 2. The normalized spacial score (nSPS) is 16.8. The molecule has 0 aromatic carbocycles. The summed E-state index contributed by atoms with van der Waals surface area (Å²) in [5, 5.41) is 4.47. The van der Waals surface area contributed by atoms with Crippen molar-refractivity contribution in [2.24, 2.45) is 0 Å². The highest BCUT2D eigenvalue weighted by atomic mass is 32.2. The van der Waals surface area contributed by atoms with Gasteiger partial charge in [-0.05, 0) is 39.2 Å². The third-order valence-electron chi connectivity index (χ3n) is 3.60. The zero-order valence-corrected chi connectivity index (χ0v) is 12.8. The maximum Gasteiger partial charge on any atom is 0.188 e. The first kappa shape index (κ1) is 14.8. The van der Waals surface area contributed by atoms with Crippen molar-refractivity contribution in [1.82, 2.24) is 15.3 Å². The minimum absolute atomic E-state index is 0.622. The monoisotopic (exact) mass is 281 g/mol. The first-order chi connectivity index (χ1) is 9.16. The van der Waals surface area contributed by atoms with E-state index >= 15 is 0 Å². The Morgan fingerprint density at radius 3 is 2.42 bits per heavy atom. The van der Waals surface area contributed by atoms with Gasteiger partial charge >= 0.3 is 0 Å². The van der Waals surface area contributed by atoms with E-state index in [1.54, 1.807) is 11.8 Å². The summed E-state index contributed by atoms with van der Waals surface area (Å²) in [6, 6.07) is 0.622. The maximum atomic E-state index is 5.35. The molecule has 1 aromatic heterocycles. The van der Waals surface area contributed by atoms with Gasteiger partial charge in [-0.25, -0.2) is 9.97 Å². The van der Waals surface area contributed by atoms with Crippen molar-refractivity contribution in [3.63, 3.8) is 0 Å². The topological polar surface area (TPSA) is 47.0 Å². The molecular weight excluding hydrogens is 258 g/mol. The number of aromatic nitrogens is 2. The summed E-state index contributed by atoms with van der Waals surface area (Å²) in [6.45, 7) is 8.97. The Labute approximate surface area is 119 Å². The van der Waals surface area contributed by atoms with Gasteiger partial charge in [0.2, 0.25) is 0 Å². The van der Waals surface area contributed by atoms with E-state index < -0.39 is 0 Å². The molecular formula is C14H23N3OS. The van der Waals surface area contributed by atoms with Gasteiger partial charge in [0.1, 0.15) is 0 Å². The van der Waals surface area contributed by atoms with Crippen LogP contribution in [0.3, 0.4) is 0 Å². The summed E-state index contributed by atoms with van der Waals surface area (Å²) in [6.07, 6.45) is 2.26. The molecule has 0 radical (unpaired) electrons. The molecule has 2 rings (SSSR count). The van der Waals surface area contributed by atoms with E-state index in [1.807, 2.05) is 13.8 Å². The average Bonchev–Trinajstić information content (AvgIpc) is 2.42. The minimum atomic E-state index is 0.622. The summed E-state index contributed by atoms with van der Waals surface area (Å²) in [5.74, 6) is 1.01. The molecule has 1 saturated heterocycles. The smallest absolute Gasteiger partial charge is 0.188 e. The first-order valence-corrected chi connectivity index (χ1v) is 7.91. The molecule has 19 heavy (non-hydrogen) atoms. The highest BCUT2D eigenvalue weighted by Gasteiger charge is 2.12. The molecule has 5 heteroatoms. The van der Waals surface area contributed by atoms with Crippen LogP contribution in [0.25, 0.3) is 0 Å². The summed E-state index contributed by atoms with van der Waals surface area (Å²) < 4.78 is 5.35. The maximum absolute atomic E-state index is 5.35. The fourth-order valence-electron chi connectivity index (χ4n) is 2.11. The quantitative estimate of drug-likeness (QED) is 0.509. The van der Waals surface area contributed by atoms with Gasteiger partial charge < -0.3 is 10.1 Å². The standard InChI is InChI=1S/C14H23N3OS/c1-10-11(2)16-14(17-12(10)3)19-9-6-15-13-4-7-18-8-5-13/h13,15H,4-9H2,1-3H3. The molecule has 0 spiro atoms. The van der Waals surface area contributed by atoms with Crippen LogP contribution < -0.4 is 5.32 Å². The third kappa shape index (κ3) is 4.44. The zero-order chi connectivity index (χ0) is 13.7. The lowest BCUT2D eigenvalue weighted by Gasteiger charge is -2.23. The van der Waals surface area contributed by atoms with Gasteiger partial charge in [-0.3, -0.25) is 0 Å². The lowest BCUT2D eigenvalue weighted by atomic mass is 10.1. The van der Waals surface area contributed by atoms with Crippen molar-refractivity contribution in [2.75, 3.05) is 25.5 Å². The Balaban J connectivity index is 1.73. The van der Waals surface area contributed by atoms with E-state index in [4.69, 9.17) is 4.74 Å². The van der Waals surface area contributed by atoms with Crippen LogP contribution in [0, 0.1) is 20.8 Å². The third-order valence-corrected chi connectivity index (χ3v) is 4.45. The largest absolute Gasteiger partial charge is 0.381 e. The first-order valence-electron chi connectivity index (χ1n) is 6.92. The SMILES string of the molecule is Cc1nc(SCCNC2CCOCC2)nc(C)c1C. The lowest BCUT2D eigenvalue weighted by molar-refractivity contribution is 0.0786. The van der Waals surface area contributed by atoms with Gasteiger partial charge in [-0.15, -0.1) is 0 Å². The fraction of sp³-hybridized carbons (Fsp3) is 0.714. The van der Waals surface area contributed by atoms with Crippen LogP contribution in [-0.2, 0) is 4.74 Å². The molecule has 0 atom stereocenters. The molecule has 106 valence electrons. The number of rotatable bonds is 5. The molecule has 1 N–H and O–H groups in total. The molecule has 1 aliphatic rings. The second-order valence-electron chi connectivity index (χ2n) is 4.99. The molecule has 4 nitrogen and oxygen atoms in total. The predicted octanol–water partition coefficient (Wildman–Crippen LogP) is 2.26. The average molecular weight is 281 g/mol. The van der Waals surface area contributed by atoms with E-state index in [0.29, 0.717) is 6.04 Å². The van der Waals surface area contributed by atoms with Crippen LogP contribution in [0.1, 0.15) is 29.8 Å². The fourth-order valence-corrected chi connectivity index (χ4v) is 2.92. The summed E-state index contributed by atoms with van der Waals surface area (Å²) in [4.78, 5) is 9.04. The number of nitrogens with one attached hydrogen (secondary N) is 1. The number of thioether (sulfide) groups is 1. The van der Waals surface area contributed by atoms with E-state index in [1.165, 1.54) is 5.56 Å². The summed E-state index contributed by atoms with van der Waals surface area (Å²) in [5.41, 5.74) is 3.38. The summed E-state index contributed by atoms with van der Waals surface area (Å²) in [7, 11) is 0. The molecule has 1 aliphatic heterocycles. The van der Waals surface area contributed by atoms with Crippen LogP contribution in [0.15, 0.2) is 5.16 Å². The molecule has 0 unspecified atom stereocenters. The van der Waals surface area contributed by atoms with Crippen molar-refractivity contribution in [1.29, 1.82) is 0 Å². The number of hydrogen-bond acceptors (Lipinski definition) is 5. The van der Waals surface area contributed by atoms with Crippen molar-refractivity contribution in [3.8, 4) is 0 Å². The lowest BCUT2D eigenvalue weighted by Crippen LogP contribution is -2.36. The Morgan fingerprint density at radius 1 is 1.16 bits per heavy atom. The second-order valence-corrected chi connectivity index (χ2v) is 6.05. The number of ether oxygens (including phenoxy) is 1. The molecule has 1 fully saturated rings. The predicted molar refractivity (Wildman–Crippen MR) is 78.8 cm³/mol. The van der Waals surface area contributed by atoms with Crippen molar-refractivity contribution >= 4 is 11.8 Å². The Hall–Kier alpha value is -0.650. The molecule has 1 aromatic rings. The van der Waals surface area contributed by atoms with Gasteiger partial charge in [0.15, 0.2) is 5.16 Å². The molecule has 2 heterocycles. The van der Waals surface area contributed by atoms with Crippen LogP contribution in [0.4, 0.5) is 0 Å². The van der Waals surface area contributed by atoms with E-state index in [9.17, 15) is 0 Å². The van der Waals surface area contributed by atoms with E-state index in [2.05, 4.69) is 22.2 Å². The van der Waals surface area contributed by atoms with Crippen molar-refractivity contribution in [2.45, 2.75) is 44.8 Å². The molecule has 0 bridgehead atoms. The van der Waals surface area contributed by atoms with Crippen LogP contribution in [0.5, 0.6) is 0 Å². The zero-order valence-electron chi connectivity index (χ0n) is 12.0. The Kier molecular flexibility index (Phi) is 5.60. The van der Waals surface area contributed by atoms with Gasteiger partial charge in [-0.1, -0.05) is 11.8 Å². The number of hydrogen-bond donors (Lipinski definition) is 1. The summed E-state index contributed by atoms with van der Waals surface area (Å²) >= 11 is 1.73. The molecule has 0 amide bonds. The van der Waals surface area contributed by atoms with Crippen molar-refractivity contribution < 1.29 is 4.74 Å². The second kappa shape index (κ2) is 7.22. The van der Waals surface area contributed by atoms with Crippen LogP contribution in [-0.4, -0.2) is 41.5 Å². The van der Waals surface area contributed by atoms with Gasteiger partial charge in [0.25, 0.3) is 0 Å². The molecule has 0 aliphatic carbocycles. The van der Waals surface area contributed by atoms with Crippen molar-refractivity contribution in [3.05, 3.63) is 17.0 Å². The van der Waals surface area contributed by atoms with E-state index in [-0.39, 0.29) is 0 Å².